The summed E-state index contributed by atoms with van der Waals surface area (Å²) in [6.45, 7) is 0.564. The van der Waals surface area contributed by atoms with Crippen molar-refractivity contribution in [3.8, 4) is 28.8 Å². The van der Waals surface area contributed by atoms with Crippen LogP contribution in [0.5, 0.6) is 17.4 Å². The highest BCUT2D eigenvalue weighted by Gasteiger charge is 2.10. The lowest BCUT2D eigenvalue weighted by Crippen LogP contribution is -2.25. The molecule has 0 saturated heterocycles. The molecule has 1 heterocycles. The fourth-order valence-electron chi connectivity index (χ4n) is 3.17. The van der Waals surface area contributed by atoms with Crippen molar-refractivity contribution in [1.82, 2.24) is 15.3 Å². The van der Waals surface area contributed by atoms with E-state index in [2.05, 4.69) is 15.3 Å². The minimum absolute atomic E-state index is 0.131. The van der Waals surface area contributed by atoms with Crippen LogP contribution in [0.4, 0.5) is 0 Å². The molecule has 0 fully saturated rings. The van der Waals surface area contributed by atoms with E-state index in [0.29, 0.717) is 29.6 Å². The minimum Gasteiger partial charge on any atom is -0.497 e. The predicted molar refractivity (Wildman–Crippen MR) is 123 cm³/mol. The first-order chi connectivity index (χ1) is 15.7. The minimum atomic E-state index is -0.131. The van der Waals surface area contributed by atoms with Crippen LogP contribution in [0.25, 0.3) is 11.4 Å². The van der Waals surface area contributed by atoms with Crippen LogP contribution in [-0.2, 0) is 6.42 Å². The second-order valence-corrected chi connectivity index (χ2v) is 7.07. The topological polar surface area (TPSA) is 73.3 Å². The summed E-state index contributed by atoms with van der Waals surface area (Å²) in [5.74, 6) is 2.16. The van der Waals surface area contributed by atoms with Crippen LogP contribution in [0.1, 0.15) is 15.9 Å². The van der Waals surface area contributed by atoms with Gasteiger partial charge in [0.25, 0.3) is 5.91 Å². The van der Waals surface area contributed by atoms with Gasteiger partial charge in [0.2, 0.25) is 5.88 Å². The monoisotopic (exact) mass is 425 g/mol. The van der Waals surface area contributed by atoms with Gasteiger partial charge < -0.3 is 14.8 Å². The van der Waals surface area contributed by atoms with Crippen molar-refractivity contribution < 1.29 is 14.3 Å². The Balaban J connectivity index is 1.43. The molecular formula is C26H23N3O3. The molecule has 1 N–H and O–H groups in total. The number of carbonyl (C=O) groups is 1. The molecule has 0 bridgehead atoms. The number of aromatic nitrogens is 2. The molecule has 0 saturated carbocycles. The van der Waals surface area contributed by atoms with E-state index >= 15 is 0 Å². The summed E-state index contributed by atoms with van der Waals surface area (Å²) in [4.78, 5) is 21.4. The average Bonchev–Trinajstić information content (AvgIpc) is 2.85. The normalized spacial score (nSPS) is 10.4. The van der Waals surface area contributed by atoms with E-state index in [1.54, 1.807) is 43.6 Å². The maximum absolute atomic E-state index is 12.6. The highest BCUT2D eigenvalue weighted by molar-refractivity contribution is 5.95. The number of ether oxygens (including phenoxy) is 2. The van der Waals surface area contributed by atoms with Gasteiger partial charge in [0.1, 0.15) is 11.5 Å². The van der Waals surface area contributed by atoms with Crippen molar-refractivity contribution in [2.45, 2.75) is 6.42 Å². The molecule has 32 heavy (non-hydrogen) atoms. The lowest BCUT2D eigenvalue weighted by molar-refractivity contribution is 0.0954. The number of hydrogen-bond donors (Lipinski definition) is 1. The van der Waals surface area contributed by atoms with E-state index in [4.69, 9.17) is 9.47 Å². The third kappa shape index (κ3) is 5.49. The van der Waals surface area contributed by atoms with Gasteiger partial charge in [-0.15, -0.1) is 0 Å². The Hall–Kier alpha value is -4.19. The third-order valence-corrected chi connectivity index (χ3v) is 4.84. The lowest BCUT2D eigenvalue weighted by Gasteiger charge is -2.09. The Kier molecular flexibility index (Phi) is 6.72. The lowest BCUT2D eigenvalue weighted by atomic mass is 10.1. The molecule has 0 aliphatic carbocycles. The predicted octanol–water partition coefficient (Wildman–Crippen LogP) is 4.92. The second-order valence-electron chi connectivity index (χ2n) is 7.07. The maximum Gasteiger partial charge on any atom is 0.251 e. The Morgan fingerprint density at radius 3 is 2.47 bits per heavy atom. The summed E-state index contributed by atoms with van der Waals surface area (Å²) in [6.07, 6.45) is 2.41. The quantitative estimate of drug-likeness (QED) is 0.434. The number of rotatable bonds is 8. The molecule has 4 rings (SSSR count). The van der Waals surface area contributed by atoms with E-state index in [1.165, 1.54) is 5.56 Å². The van der Waals surface area contributed by atoms with Gasteiger partial charge in [-0.3, -0.25) is 4.79 Å². The van der Waals surface area contributed by atoms with Crippen molar-refractivity contribution in [1.29, 1.82) is 0 Å². The molecule has 3 aromatic carbocycles. The van der Waals surface area contributed by atoms with Crippen molar-refractivity contribution in [3.63, 3.8) is 0 Å². The van der Waals surface area contributed by atoms with Crippen molar-refractivity contribution >= 4 is 5.91 Å². The Labute approximate surface area is 186 Å². The molecule has 1 amide bonds. The highest BCUT2D eigenvalue weighted by Crippen LogP contribution is 2.24. The molecule has 4 aromatic rings. The van der Waals surface area contributed by atoms with Gasteiger partial charge >= 0.3 is 0 Å². The molecule has 160 valence electrons. The molecule has 0 spiro atoms. The van der Waals surface area contributed by atoms with Gasteiger partial charge in [-0.25, -0.2) is 4.98 Å². The molecule has 6 heteroatoms. The average molecular weight is 425 g/mol. The molecule has 0 unspecified atom stereocenters. The van der Waals surface area contributed by atoms with Crippen molar-refractivity contribution in [2.75, 3.05) is 13.7 Å². The zero-order valence-corrected chi connectivity index (χ0v) is 17.7. The van der Waals surface area contributed by atoms with Crippen LogP contribution in [-0.4, -0.2) is 29.5 Å². The zero-order chi connectivity index (χ0) is 22.2. The summed E-state index contributed by atoms with van der Waals surface area (Å²) in [6, 6.07) is 26.2. The van der Waals surface area contributed by atoms with E-state index in [9.17, 15) is 4.79 Å². The summed E-state index contributed by atoms with van der Waals surface area (Å²) in [7, 11) is 1.62. The number of carbonyl (C=O) groups excluding carboxylic acids is 1. The third-order valence-electron chi connectivity index (χ3n) is 4.84. The van der Waals surface area contributed by atoms with Gasteiger partial charge in [0.05, 0.1) is 7.11 Å². The zero-order valence-electron chi connectivity index (χ0n) is 17.7. The molecule has 0 radical (unpaired) electrons. The van der Waals surface area contributed by atoms with Gasteiger partial charge in [-0.05, 0) is 48.4 Å². The number of nitrogens with one attached hydrogen (secondary N) is 1. The van der Waals surface area contributed by atoms with Crippen molar-refractivity contribution in [2.24, 2.45) is 0 Å². The maximum atomic E-state index is 12.6. The molecule has 0 aliphatic rings. The summed E-state index contributed by atoms with van der Waals surface area (Å²) < 4.78 is 11.0. The first-order valence-corrected chi connectivity index (χ1v) is 10.3. The fourth-order valence-corrected chi connectivity index (χ4v) is 3.17. The number of amides is 1. The summed E-state index contributed by atoms with van der Waals surface area (Å²) in [5.41, 5.74) is 2.48. The number of nitrogens with zero attached hydrogens (tertiary/aromatic N) is 2. The Bertz CT molecular complexity index is 1180. The fraction of sp³-hybridized carbons (Fsp3) is 0.115. The van der Waals surface area contributed by atoms with Crippen LogP contribution in [0.3, 0.4) is 0 Å². The van der Waals surface area contributed by atoms with Crippen LogP contribution in [0.2, 0.25) is 0 Å². The molecule has 1 aromatic heterocycles. The highest BCUT2D eigenvalue weighted by atomic mass is 16.5. The van der Waals surface area contributed by atoms with Gasteiger partial charge in [0.15, 0.2) is 5.82 Å². The van der Waals surface area contributed by atoms with Gasteiger partial charge in [-0.1, -0.05) is 42.5 Å². The largest absolute Gasteiger partial charge is 0.497 e. The smallest absolute Gasteiger partial charge is 0.251 e. The Morgan fingerprint density at radius 2 is 1.69 bits per heavy atom. The number of benzene rings is 3. The number of hydrogen-bond acceptors (Lipinski definition) is 5. The van der Waals surface area contributed by atoms with Gasteiger partial charge in [-0.2, -0.15) is 4.98 Å². The van der Waals surface area contributed by atoms with Crippen molar-refractivity contribution in [3.05, 3.63) is 102 Å². The first-order valence-electron chi connectivity index (χ1n) is 10.3. The molecular weight excluding hydrogens is 402 g/mol. The van der Waals surface area contributed by atoms with E-state index in [1.807, 2.05) is 54.6 Å². The summed E-state index contributed by atoms with van der Waals surface area (Å²) in [5, 5.41) is 2.96. The second kappa shape index (κ2) is 10.2. The van der Waals surface area contributed by atoms with Gasteiger partial charge in [0, 0.05) is 29.9 Å². The number of methoxy groups -OCH3 is 1. The van der Waals surface area contributed by atoms with E-state index in [0.717, 1.165) is 17.7 Å². The first kappa shape index (κ1) is 21.1. The van der Waals surface area contributed by atoms with E-state index < -0.39 is 0 Å². The summed E-state index contributed by atoms with van der Waals surface area (Å²) >= 11 is 0. The van der Waals surface area contributed by atoms with Crippen LogP contribution in [0, 0.1) is 0 Å². The molecule has 0 atom stereocenters. The van der Waals surface area contributed by atoms with Crippen LogP contribution < -0.4 is 14.8 Å². The molecule has 0 aliphatic heterocycles. The Morgan fingerprint density at radius 1 is 0.906 bits per heavy atom. The van der Waals surface area contributed by atoms with Crippen LogP contribution >= 0.6 is 0 Å². The SMILES string of the molecule is COc1ccc(Oc2ccnc(-c3cccc(C(=O)NCCc4ccccc4)c3)n2)cc1. The van der Waals surface area contributed by atoms with E-state index in [-0.39, 0.29) is 5.91 Å². The van der Waals surface area contributed by atoms with Crippen LogP contribution in [0.15, 0.2) is 91.1 Å². The molecule has 6 nitrogen and oxygen atoms in total. The standard InChI is InChI=1S/C26H23N3O3/c1-31-22-10-12-23(13-11-22)32-24-15-17-27-25(29-24)20-8-5-9-21(18-20)26(30)28-16-14-19-6-3-2-4-7-19/h2-13,15,17-18H,14,16H2,1H3,(H,28,30).